The van der Waals surface area contributed by atoms with Crippen LogP contribution in [-0.4, -0.2) is 49.4 Å². The number of carbonyl (C=O) groups is 2. The normalized spacial score (nSPS) is 32.7. The number of nitrogens with zero attached hydrogens (tertiary/aromatic N) is 1. The minimum absolute atomic E-state index is 0.0227. The van der Waals surface area contributed by atoms with Gasteiger partial charge in [-0.1, -0.05) is 11.6 Å². The number of nitrogens with one attached hydrogen (secondary N) is 2. The molecule has 5 aliphatic rings. The van der Waals surface area contributed by atoms with Gasteiger partial charge in [0.1, 0.15) is 0 Å². The molecular formula is C24H32ClN3O2. The van der Waals surface area contributed by atoms with Crippen LogP contribution in [0.25, 0.3) is 0 Å². The molecule has 1 aliphatic heterocycles. The van der Waals surface area contributed by atoms with Crippen LogP contribution in [0.3, 0.4) is 0 Å². The maximum absolute atomic E-state index is 13.0. The van der Waals surface area contributed by atoms with E-state index in [1.165, 1.54) is 38.5 Å². The molecule has 5 nitrogen and oxygen atoms in total. The zero-order chi connectivity index (χ0) is 20.7. The predicted molar refractivity (Wildman–Crippen MR) is 118 cm³/mol. The quantitative estimate of drug-likeness (QED) is 0.766. The second-order valence-corrected chi connectivity index (χ2v) is 10.6. The highest BCUT2D eigenvalue weighted by molar-refractivity contribution is 6.34. The van der Waals surface area contributed by atoms with Gasteiger partial charge in [-0.3, -0.25) is 9.59 Å². The van der Waals surface area contributed by atoms with Crippen molar-refractivity contribution in [3.8, 4) is 0 Å². The molecular weight excluding hydrogens is 398 g/mol. The Morgan fingerprint density at radius 1 is 1.07 bits per heavy atom. The van der Waals surface area contributed by atoms with Crippen molar-refractivity contribution in [2.45, 2.75) is 44.9 Å². The molecule has 0 spiro atoms. The average Bonchev–Trinajstić information content (AvgIpc) is 3.00. The van der Waals surface area contributed by atoms with E-state index >= 15 is 0 Å². The van der Waals surface area contributed by atoms with Crippen LogP contribution < -0.4 is 10.6 Å². The molecule has 4 bridgehead atoms. The predicted octanol–water partition coefficient (Wildman–Crippen LogP) is 3.72. The Kier molecular flexibility index (Phi) is 5.53. The topological polar surface area (TPSA) is 61.4 Å². The van der Waals surface area contributed by atoms with Crippen LogP contribution in [0.5, 0.6) is 0 Å². The molecule has 162 valence electrons. The molecule has 6 heteroatoms. The summed E-state index contributed by atoms with van der Waals surface area (Å²) in [4.78, 5) is 27.8. The zero-order valence-corrected chi connectivity index (χ0v) is 18.3. The summed E-state index contributed by atoms with van der Waals surface area (Å²) in [7, 11) is 0. The van der Waals surface area contributed by atoms with Crippen molar-refractivity contribution in [1.29, 1.82) is 0 Å². The van der Waals surface area contributed by atoms with Crippen molar-refractivity contribution in [3.63, 3.8) is 0 Å². The molecule has 1 aromatic carbocycles. The van der Waals surface area contributed by atoms with Crippen LogP contribution in [0.1, 0.15) is 65.7 Å². The van der Waals surface area contributed by atoms with Gasteiger partial charge >= 0.3 is 0 Å². The minimum Gasteiger partial charge on any atom is -0.351 e. The monoisotopic (exact) mass is 429 g/mol. The molecule has 30 heavy (non-hydrogen) atoms. The average molecular weight is 430 g/mol. The van der Waals surface area contributed by atoms with Crippen LogP contribution in [-0.2, 0) is 0 Å². The molecule has 1 saturated heterocycles. The van der Waals surface area contributed by atoms with Gasteiger partial charge in [-0.05, 0) is 92.9 Å². The van der Waals surface area contributed by atoms with Crippen molar-refractivity contribution in [2.75, 3.05) is 32.7 Å². The summed E-state index contributed by atoms with van der Waals surface area (Å²) in [6, 6.07) is 5.10. The lowest BCUT2D eigenvalue weighted by Gasteiger charge is -2.56. The SMILES string of the molecule is O=C(NCC12CC3CC(CC(C3)C1)C2)c1cc(C(=O)N2CCCNCC2)ccc1Cl. The molecule has 6 rings (SSSR count). The summed E-state index contributed by atoms with van der Waals surface area (Å²) >= 11 is 6.37. The molecule has 4 saturated carbocycles. The highest BCUT2D eigenvalue weighted by Gasteiger charge is 2.50. The maximum Gasteiger partial charge on any atom is 0.253 e. The molecule has 0 aromatic heterocycles. The van der Waals surface area contributed by atoms with Crippen LogP contribution in [0.15, 0.2) is 18.2 Å². The Hall–Kier alpha value is -1.59. The molecule has 0 atom stereocenters. The van der Waals surface area contributed by atoms with Gasteiger partial charge in [-0.25, -0.2) is 0 Å². The van der Waals surface area contributed by atoms with Gasteiger partial charge in [0, 0.05) is 31.7 Å². The lowest BCUT2D eigenvalue weighted by atomic mass is 9.49. The number of amides is 2. The zero-order valence-electron chi connectivity index (χ0n) is 17.6. The summed E-state index contributed by atoms with van der Waals surface area (Å²) in [5, 5.41) is 6.92. The van der Waals surface area contributed by atoms with Gasteiger partial charge in [0.25, 0.3) is 11.8 Å². The summed E-state index contributed by atoms with van der Waals surface area (Å²) in [6.45, 7) is 3.90. The van der Waals surface area contributed by atoms with Crippen molar-refractivity contribution in [1.82, 2.24) is 15.5 Å². The Morgan fingerprint density at radius 3 is 2.47 bits per heavy atom. The second kappa shape index (κ2) is 8.16. The smallest absolute Gasteiger partial charge is 0.253 e. The molecule has 1 heterocycles. The van der Waals surface area contributed by atoms with E-state index in [0.717, 1.165) is 50.4 Å². The van der Waals surface area contributed by atoms with Gasteiger partial charge < -0.3 is 15.5 Å². The fraction of sp³-hybridized carbons (Fsp3) is 0.667. The third-order valence-corrected chi connectivity index (χ3v) is 8.20. The first-order valence-electron chi connectivity index (χ1n) is 11.6. The van der Waals surface area contributed by atoms with Gasteiger partial charge in [0.2, 0.25) is 0 Å². The molecule has 0 unspecified atom stereocenters. The van der Waals surface area contributed by atoms with Gasteiger partial charge in [-0.15, -0.1) is 0 Å². The fourth-order valence-corrected chi connectivity index (χ4v) is 7.14. The number of carbonyl (C=O) groups excluding carboxylic acids is 2. The highest BCUT2D eigenvalue weighted by Crippen LogP contribution is 2.59. The Labute approximate surface area is 183 Å². The molecule has 2 amide bonds. The molecule has 4 aliphatic carbocycles. The minimum atomic E-state index is -0.150. The Bertz CT molecular complexity index is 796. The van der Waals surface area contributed by atoms with Crippen molar-refractivity contribution in [2.24, 2.45) is 23.2 Å². The van der Waals surface area contributed by atoms with Gasteiger partial charge in [0.05, 0.1) is 10.6 Å². The largest absolute Gasteiger partial charge is 0.351 e. The van der Waals surface area contributed by atoms with Crippen LogP contribution in [0, 0.1) is 23.2 Å². The highest BCUT2D eigenvalue weighted by atomic mass is 35.5. The first-order valence-corrected chi connectivity index (χ1v) is 12.0. The number of benzene rings is 1. The van der Waals surface area contributed by atoms with Crippen LogP contribution in [0.4, 0.5) is 0 Å². The van der Waals surface area contributed by atoms with E-state index in [-0.39, 0.29) is 17.2 Å². The van der Waals surface area contributed by atoms with E-state index in [9.17, 15) is 9.59 Å². The molecule has 2 N–H and O–H groups in total. The summed E-state index contributed by atoms with van der Waals surface area (Å²) < 4.78 is 0. The van der Waals surface area contributed by atoms with Crippen molar-refractivity contribution < 1.29 is 9.59 Å². The van der Waals surface area contributed by atoms with Crippen LogP contribution in [0.2, 0.25) is 5.02 Å². The van der Waals surface area contributed by atoms with E-state index in [1.54, 1.807) is 18.2 Å². The molecule has 1 aromatic rings. The maximum atomic E-state index is 13.0. The van der Waals surface area contributed by atoms with E-state index in [0.29, 0.717) is 22.7 Å². The third-order valence-electron chi connectivity index (χ3n) is 7.87. The second-order valence-electron chi connectivity index (χ2n) is 10.2. The Morgan fingerprint density at radius 2 is 1.77 bits per heavy atom. The van der Waals surface area contributed by atoms with Crippen molar-refractivity contribution in [3.05, 3.63) is 34.3 Å². The lowest BCUT2D eigenvalue weighted by Crippen LogP contribution is -2.51. The van der Waals surface area contributed by atoms with Crippen molar-refractivity contribution >= 4 is 23.4 Å². The van der Waals surface area contributed by atoms with Gasteiger partial charge in [0.15, 0.2) is 0 Å². The molecule has 5 fully saturated rings. The fourth-order valence-electron chi connectivity index (χ4n) is 6.93. The first kappa shape index (κ1) is 20.3. The standard InChI is InChI=1S/C24H32ClN3O2/c25-21-3-2-19(23(30)28-6-1-4-26-5-7-28)11-20(21)22(29)27-15-24-12-16-8-17(13-24)10-18(9-16)14-24/h2-3,11,16-18,26H,1,4-10,12-15H2,(H,27,29). The van der Waals surface area contributed by atoms with E-state index in [4.69, 9.17) is 11.6 Å². The number of hydrogen-bond acceptors (Lipinski definition) is 3. The lowest BCUT2D eigenvalue weighted by molar-refractivity contribution is -0.0503. The number of halogens is 1. The van der Waals surface area contributed by atoms with E-state index < -0.39 is 0 Å². The third kappa shape index (κ3) is 3.99. The number of rotatable bonds is 4. The summed E-state index contributed by atoms with van der Waals surface area (Å²) in [5.74, 6) is 2.41. The van der Waals surface area contributed by atoms with Gasteiger partial charge in [-0.2, -0.15) is 0 Å². The van der Waals surface area contributed by atoms with E-state index in [2.05, 4.69) is 10.6 Å². The first-order chi connectivity index (χ1) is 14.5. The summed E-state index contributed by atoms with van der Waals surface area (Å²) in [5.41, 5.74) is 1.24. The van der Waals surface area contributed by atoms with Crippen LogP contribution >= 0.6 is 11.6 Å². The molecule has 0 radical (unpaired) electrons. The Balaban J connectivity index is 1.27. The van der Waals surface area contributed by atoms with E-state index in [1.807, 2.05) is 4.90 Å². The number of hydrogen-bond donors (Lipinski definition) is 2. The summed E-state index contributed by atoms with van der Waals surface area (Å²) in [6.07, 6.45) is 8.91.